The summed E-state index contributed by atoms with van der Waals surface area (Å²) >= 11 is 0. The number of hydrogen-bond donors (Lipinski definition) is 0. The summed E-state index contributed by atoms with van der Waals surface area (Å²) in [5.74, 6) is 0. The SMILES string of the molecule is C=CC(CCCCCCCCCCCCCCCCCC)N(C)C.Cl. The Morgan fingerprint density at radius 3 is 1.24 bits per heavy atom. The molecule has 0 aromatic rings. The summed E-state index contributed by atoms with van der Waals surface area (Å²) in [6, 6.07) is 0.566. The molecule has 0 fully saturated rings. The molecule has 0 aromatic heterocycles. The van der Waals surface area contributed by atoms with Crippen molar-refractivity contribution in [3.8, 4) is 0 Å². The van der Waals surface area contributed by atoms with Crippen LogP contribution >= 0.6 is 12.4 Å². The van der Waals surface area contributed by atoms with Crippen LogP contribution in [-0.4, -0.2) is 25.0 Å². The molecular weight excluding hydrogens is 326 g/mol. The fraction of sp³-hybridized carbons (Fsp3) is 0.913. The summed E-state index contributed by atoms with van der Waals surface area (Å²) in [5, 5.41) is 0. The van der Waals surface area contributed by atoms with Crippen LogP contribution in [0.15, 0.2) is 12.7 Å². The zero-order valence-electron chi connectivity index (χ0n) is 17.7. The second-order valence-corrected chi connectivity index (χ2v) is 7.86. The molecule has 0 aromatic carbocycles. The first-order valence-electron chi connectivity index (χ1n) is 11.0. The van der Waals surface area contributed by atoms with Gasteiger partial charge in [0.2, 0.25) is 0 Å². The lowest BCUT2D eigenvalue weighted by molar-refractivity contribution is 0.319. The predicted molar refractivity (Wildman–Crippen MR) is 119 cm³/mol. The lowest BCUT2D eigenvalue weighted by atomic mass is 10.0. The Morgan fingerprint density at radius 1 is 0.640 bits per heavy atom. The number of unbranched alkanes of at least 4 members (excludes halogenated alkanes) is 15. The van der Waals surface area contributed by atoms with E-state index in [9.17, 15) is 0 Å². The normalized spacial score (nSPS) is 12.2. The van der Waals surface area contributed by atoms with Crippen LogP contribution < -0.4 is 0 Å². The molecule has 1 nitrogen and oxygen atoms in total. The van der Waals surface area contributed by atoms with Crippen LogP contribution in [0.25, 0.3) is 0 Å². The smallest absolute Gasteiger partial charge is 0.0269 e. The highest BCUT2D eigenvalue weighted by atomic mass is 35.5. The molecule has 0 saturated carbocycles. The second kappa shape index (κ2) is 22.0. The van der Waals surface area contributed by atoms with E-state index in [1.165, 1.54) is 109 Å². The highest BCUT2D eigenvalue weighted by Gasteiger charge is 2.05. The molecule has 0 aliphatic heterocycles. The molecule has 0 heterocycles. The average molecular weight is 374 g/mol. The largest absolute Gasteiger partial charge is 0.303 e. The van der Waals surface area contributed by atoms with Crippen molar-refractivity contribution in [2.75, 3.05) is 14.1 Å². The van der Waals surface area contributed by atoms with E-state index in [4.69, 9.17) is 0 Å². The van der Waals surface area contributed by atoms with Crippen LogP contribution in [-0.2, 0) is 0 Å². The highest BCUT2D eigenvalue weighted by Crippen LogP contribution is 2.15. The molecule has 0 saturated heterocycles. The van der Waals surface area contributed by atoms with E-state index < -0.39 is 0 Å². The molecule has 1 unspecified atom stereocenters. The summed E-state index contributed by atoms with van der Waals surface area (Å²) in [7, 11) is 4.30. The minimum atomic E-state index is 0. The Morgan fingerprint density at radius 2 is 0.960 bits per heavy atom. The van der Waals surface area contributed by atoms with E-state index in [1.807, 2.05) is 0 Å². The van der Waals surface area contributed by atoms with Gasteiger partial charge in [0, 0.05) is 6.04 Å². The van der Waals surface area contributed by atoms with Gasteiger partial charge in [-0.15, -0.1) is 19.0 Å². The maximum absolute atomic E-state index is 3.93. The number of nitrogens with zero attached hydrogens (tertiary/aromatic N) is 1. The van der Waals surface area contributed by atoms with Gasteiger partial charge in [0.05, 0.1) is 0 Å². The van der Waals surface area contributed by atoms with Gasteiger partial charge < -0.3 is 4.90 Å². The van der Waals surface area contributed by atoms with Gasteiger partial charge in [-0.25, -0.2) is 0 Å². The van der Waals surface area contributed by atoms with Gasteiger partial charge in [0.25, 0.3) is 0 Å². The van der Waals surface area contributed by atoms with Gasteiger partial charge in [0.15, 0.2) is 0 Å². The van der Waals surface area contributed by atoms with Crippen molar-refractivity contribution in [3.63, 3.8) is 0 Å². The van der Waals surface area contributed by atoms with Crippen molar-refractivity contribution in [1.82, 2.24) is 4.90 Å². The Hall–Kier alpha value is -0.0100. The van der Waals surface area contributed by atoms with Crippen molar-refractivity contribution in [1.29, 1.82) is 0 Å². The fourth-order valence-corrected chi connectivity index (χ4v) is 3.49. The molecule has 0 N–H and O–H groups in total. The number of rotatable bonds is 19. The Kier molecular flexibility index (Phi) is 24.0. The van der Waals surface area contributed by atoms with E-state index in [0.29, 0.717) is 6.04 Å². The molecule has 0 amide bonds. The minimum absolute atomic E-state index is 0. The Bertz CT molecular complexity index is 252. The van der Waals surface area contributed by atoms with E-state index in [0.717, 1.165) is 0 Å². The summed E-state index contributed by atoms with van der Waals surface area (Å²) < 4.78 is 0. The van der Waals surface area contributed by atoms with Gasteiger partial charge in [-0.2, -0.15) is 0 Å². The number of likely N-dealkylation sites (N-methyl/N-ethyl adjacent to an activating group) is 1. The van der Waals surface area contributed by atoms with Crippen LogP contribution in [0.3, 0.4) is 0 Å². The van der Waals surface area contributed by atoms with E-state index in [2.05, 4.69) is 38.6 Å². The van der Waals surface area contributed by atoms with Crippen LogP contribution in [0.5, 0.6) is 0 Å². The standard InChI is InChI=1S/C23H47N.ClH/c1-5-7-8-9-10-11-12-13-14-15-16-17-18-19-20-21-22-23(6-2)24(3)4;/h6,23H,2,5,7-22H2,1,3-4H3;1H. The molecule has 0 rings (SSSR count). The molecule has 152 valence electrons. The monoisotopic (exact) mass is 373 g/mol. The van der Waals surface area contributed by atoms with Crippen molar-refractivity contribution in [2.45, 2.75) is 122 Å². The number of halogens is 1. The molecule has 0 radical (unpaired) electrons. The summed E-state index contributed by atoms with van der Waals surface area (Å²) in [4.78, 5) is 2.28. The molecule has 25 heavy (non-hydrogen) atoms. The fourth-order valence-electron chi connectivity index (χ4n) is 3.49. The summed E-state index contributed by atoms with van der Waals surface area (Å²) in [5.41, 5.74) is 0. The molecule has 0 aliphatic carbocycles. The molecule has 1 atom stereocenters. The number of hydrogen-bond acceptors (Lipinski definition) is 1. The highest BCUT2D eigenvalue weighted by molar-refractivity contribution is 5.85. The van der Waals surface area contributed by atoms with Gasteiger partial charge in [0.1, 0.15) is 0 Å². The van der Waals surface area contributed by atoms with Crippen LogP contribution in [0.2, 0.25) is 0 Å². The predicted octanol–water partition coefficient (Wildman–Crippen LogP) is 8.18. The molecular formula is C23H48ClN. The van der Waals surface area contributed by atoms with Crippen molar-refractivity contribution in [3.05, 3.63) is 12.7 Å². The quantitative estimate of drug-likeness (QED) is 0.163. The minimum Gasteiger partial charge on any atom is -0.303 e. The van der Waals surface area contributed by atoms with Crippen molar-refractivity contribution < 1.29 is 0 Å². The maximum Gasteiger partial charge on any atom is 0.0269 e. The Labute approximate surface area is 166 Å². The van der Waals surface area contributed by atoms with Crippen molar-refractivity contribution in [2.24, 2.45) is 0 Å². The van der Waals surface area contributed by atoms with Crippen LogP contribution in [0.4, 0.5) is 0 Å². The Balaban J connectivity index is 0. The van der Waals surface area contributed by atoms with E-state index >= 15 is 0 Å². The maximum atomic E-state index is 3.93. The lowest BCUT2D eigenvalue weighted by Crippen LogP contribution is -2.25. The zero-order chi connectivity index (χ0) is 17.9. The van der Waals surface area contributed by atoms with E-state index in [-0.39, 0.29) is 12.4 Å². The van der Waals surface area contributed by atoms with Gasteiger partial charge in [-0.1, -0.05) is 116 Å². The topological polar surface area (TPSA) is 3.24 Å². The van der Waals surface area contributed by atoms with Gasteiger partial charge in [-0.3, -0.25) is 0 Å². The van der Waals surface area contributed by atoms with Gasteiger partial charge >= 0.3 is 0 Å². The molecule has 2 heteroatoms. The summed E-state index contributed by atoms with van der Waals surface area (Å²) in [6.07, 6.45) is 26.5. The molecule has 0 aliphatic rings. The summed E-state index contributed by atoms with van der Waals surface area (Å²) in [6.45, 7) is 6.23. The molecule has 0 spiro atoms. The average Bonchev–Trinajstić information content (AvgIpc) is 2.57. The third-order valence-electron chi connectivity index (χ3n) is 5.29. The second-order valence-electron chi connectivity index (χ2n) is 7.86. The van der Waals surface area contributed by atoms with Crippen LogP contribution in [0.1, 0.15) is 116 Å². The third-order valence-corrected chi connectivity index (χ3v) is 5.29. The lowest BCUT2D eigenvalue weighted by Gasteiger charge is -2.20. The third kappa shape index (κ3) is 20.2. The molecule has 0 bridgehead atoms. The van der Waals surface area contributed by atoms with Crippen molar-refractivity contribution >= 4 is 12.4 Å². The van der Waals surface area contributed by atoms with Crippen LogP contribution in [0, 0.1) is 0 Å². The van der Waals surface area contributed by atoms with E-state index in [1.54, 1.807) is 0 Å². The first-order valence-corrected chi connectivity index (χ1v) is 11.0. The first kappa shape index (κ1) is 27.2. The first-order chi connectivity index (χ1) is 11.7. The van der Waals surface area contributed by atoms with Gasteiger partial charge in [-0.05, 0) is 20.5 Å². The zero-order valence-corrected chi connectivity index (χ0v) is 18.6.